The maximum Gasteiger partial charge on any atom is 0.134 e. The lowest BCUT2D eigenvalue weighted by molar-refractivity contribution is 0.697. The standard InChI is InChI=1S/C29H28P/c1-2-25-15-12-13-16-26(25)17-14-24-30(27-18-6-3-7-19-27,28-20-8-4-9-21-28)29-22-10-5-11-23-29/h2-11,18-23H,1,12-13,15-16,24H2/q+1. The zero-order valence-electron chi connectivity index (χ0n) is 17.4. The molecule has 0 atom stereocenters. The van der Waals surface area contributed by atoms with Gasteiger partial charge < -0.3 is 0 Å². The van der Waals surface area contributed by atoms with E-state index in [1.54, 1.807) is 0 Å². The monoisotopic (exact) mass is 407 g/mol. The summed E-state index contributed by atoms with van der Waals surface area (Å²) < 4.78 is 0. The van der Waals surface area contributed by atoms with Gasteiger partial charge in [-0.2, -0.15) is 0 Å². The molecule has 4 rings (SSSR count). The van der Waals surface area contributed by atoms with Gasteiger partial charge in [0, 0.05) is 5.57 Å². The van der Waals surface area contributed by atoms with E-state index in [2.05, 4.69) is 109 Å². The molecule has 0 bridgehead atoms. The van der Waals surface area contributed by atoms with Crippen molar-refractivity contribution >= 4 is 23.2 Å². The Balaban J connectivity index is 1.87. The Kier molecular flexibility index (Phi) is 6.63. The number of allylic oxidation sites excluding steroid dienone is 3. The minimum absolute atomic E-state index is 0.846. The van der Waals surface area contributed by atoms with Crippen LogP contribution in [0.15, 0.2) is 115 Å². The van der Waals surface area contributed by atoms with Crippen LogP contribution in [0.2, 0.25) is 0 Å². The molecule has 3 aromatic carbocycles. The van der Waals surface area contributed by atoms with Crippen LogP contribution < -0.4 is 15.9 Å². The van der Waals surface area contributed by atoms with Crippen molar-refractivity contribution in [1.82, 2.24) is 0 Å². The smallest absolute Gasteiger partial charge is 0.0988 e. The third-order valence-electron chi connectivity index (χ3n) is 5.90. The Morgan fingerprint density at radius 1 is 0.700 bits per heavy atom. The third kappa shape index (κ3) is 4.18. The molecule has 0 aromatic heterocycles. The van der Waals surface area contributed by atoms with Crippen LogP contribution in [0.25, 0.3) is 0 Å². The van der Waals surface area contributed by atoms with Gasteiger partial charge >= 0.3 is 0 Å². The highest BCUT2D eigenvalue weighted by molar-refractivity contribution is 7.95. The Hall–Kier alpha value is -2.87. The topological polar surface area (TPSA) is 0 Å². The first kappa shape index (κ1) is 20.4. The Labute approximate surface area is 181 Å². The van der Waals surface area contributed by atoms with Crippen LogP contribution in [-0.2, 0) is 0 Å². The molecule has 1 aliphatic carbocycles. The summed E-state index contributed by atoms with van der Waals surface area (Å²) in [6, 6.07) is 32.9. The van der Waals surface area contributed by atoms with Gasteiger partial charge in [0.25, 0.3) is 0 Å². The van der Waals surface area contributed by atoms with Crippen LogP contribution in [0.5, 0.6) is 0 Å². The van der Waals surface area contributed by atoms with Gasteiger partial charge in [-0.3, -0.25) is 0 Å². The lowest BCUT2D eigenvalue weighted by Gasteiger charge is -2.25. The van der Waals surface area contributed by atoms with Crippen LogP contribution in [0.1, 0.15) is 25.7 Å². The predicted molar refractivity (Wildman–Crippen MR) is 133 cm³/mol. The zero-order valence-corrected chi connectivity index (χ0v) is 18.3. The van der Waals surface area contributed by atoms with Crippen LogP contribution in [0, 0.1) is 11.8 Å². The Morgan fingerprint density at radius 2 is 1.17 bits per heavy atom. The lowest BCUT2D eigenvalue weighted by atomic mass is 9.92. The summed E-state index contributed by atoms with van der Waals surface area (Å²) in [5, 5.41) is 4.16. The van der Waals surface area contributed by atoms with Crippen molar-refractivity contribution in [3.8, 4) is 11.8 Å². The zero-order chi connectivity index (χ0) is 20.7. The molecule has 0 aliphatic heterocycles. The third-order valence-corrected chi connectivity index (χ3v) is 10.1. The second kappa shape index (κ2) is 9.75. The normalized spacial score (nSPS) is 14.0. The van der Waals surface area contributed by atoms with E-state index in [0.29, 0.717) is 0 Å². The molecule has 0 fully saturated rings. The predicted octanol–water partition coefficient (Wildman–Crippen LogP) is 6.04. The van der Waals surface area contributed by atoms with Gasteiger partial charge in [-0.15, -0.1) is 0 Å². The average molecular weight is 408 g/mol. The maximum absolute atomic E-state index is 4.02. The molecule has 3 aromatic rings. The molecule has 1 aliphatic rings. The van der Waals surface area contributed by atoms with Crippen molar-refractivity contribution < 1.29 is 0 Å². The fourth-order valence-electron chi connectivity index (χ4n) is 4.33. The molecule has 30 heavy (non-hydrogen) atoms. The molecule has 0 unspecified atom stereocenters. The molecule has 0 saturated carbocycles. The first-order valence-corrected chi connectivity index (χ1v) is 12.7. The number of hydrogen-bond donors (Lipinski definition) is 0. The summed E-state index contributed by atoms with van der Waals surface area (Å²) in [5.74, 6) is 7.22. The molecular weight excluding hydrogens is 379 g/mol. The highest BCUT2D eigenvalue weighted by Crippen LogP contribution is 2.54. The maximum atomic E-state index is 4.02. The molecule has 0 radical (unpaired) electrons. The Bertz CT molecular complexity index is 970. The van der Waals surface area contributed by atoms with E-state index < -0.39 is 7.26 Å². The van der Waals surface area contributed by atoms with Crippen molar-refractivity contribution in [1.29, 1.82) is 0 Å². The number of hydrogen-bond acceptors (Lipinski definition) is 0. The minimum atomic E-state index is -1.87. The summed E-state index contributed by atoms with van der Waals surface area (Å²) >= 11 is 0. The van der Waals surface area contributed by atoms with E-state index in [0.717, 1.165) is 19.0 Å². The van der Waals surface area contributed by atoms with Crippen molar-refractivity contribution in [3.63, 3.8) is 0 Å². The second-order valence-electron chi connectivity index (χ2n) is 7.69. The van der Waals surface area contributed by atoms with Crippen LogP contribution in [0.3, 0.4) is 0 Å². The number of benzene rings is 3. The van der Waals surface area contributed by atoms with Gasteiger partial charge in [0.05, 0.1) is 0 Å². The number of rotatable bonds is 5. The van der Waals surface area contributed by atoms with Crippen LogP contribution in [0.4, 0.5) is 0 Å². The first-order valence-electron chi connectivity index (χ1n) is 10.7. The molecule has 0 N–H and O–H groups in total. The highest BCUT2D eigenvalue weighted by atomic mass is 31.2. The van der Waals surface area contributed by atoms with Gasteiger partial charge in [-0.1, -0.05) is 79.1 Å². The molecular formula is C29H28P+. The fraction of sp³-hybridized carbons (Fsp3) is 0.172. The van der Waals surface area contributed by atoms with Gasteiger partial charge in [-0.25, -0.2) is 0 Å². The van der Waals surface area contributed by atoms with E-state index in [1.165, 1.54) is 39.9 Å². The van der Waals surface area contributed by atoms with E-state index in [-0.39, 0.29) is 0 Å². The quantitative estimate of drug-likeness (QED) is 0.357. The van der Waals surface area contributed by atoms with E-state index >= 15 is 0 Å². The summed E-state index contributed by atoms with van der Waals surface area (Å²) in [6.07, 6.45) is 7.54. The first-order chi connectivity index (χ1) is 14.8. The molecule has 0 saturated heterocycles. The second-order valence-corrected chi connectivity index (χ2v) is 11.2. The average Bonchev–Trinajstić information content (AvgIpc) is 2.84. The summed E-state index contributed by atoms with van der Waals surface area (Å²) in [4.78, 5) is 0. The van der Waals surface area contributed by atoms with Crippen molar-refractivity contribution in [3.05, 3.63) is 115 Å². The summed E-state index contributed by atoms with van der Waals surface area (Å²) in [5.41, 5.74) is 2.64. The van der Waals surface area contributed by atoms with E-state index in [1.807, 2.05) is 6.08 Å². The molecule has 0 heterocycles. The largest absolute Gasteiger partial charge is 0.134 e. The van der Waals surface area contributed by atoms with Gasteiger partial charge in [-0.05, 0) is 67.7 Å². The van der Waals surface area contributed by atoms with Crippen LogP contribution >= 0.6 is 7.26 Å². The fourth-order valence-corrected chi connectivity index (χ4v) is 8.13. The summed E-state index contributed by atoms with van der Waals surface area (Å²) in [7, 11) is -1.87. The van der Waals surface area contributed by atoms with Gasteiger partial charge in [0.15, 0.2) is 0 Å². The van der Waals surface area contributed by atoms with Crippen molar-refractivity contribution in [2.24, 2.45) is 0 Å². The van der Waals surface area contributed by atoms with E-state index in [4.69, 9.17) is 0 Å². The van der Waals surface area contributed by atoms with Gasteiger partial charge in [0.1, 0.15) is 29.3 Å². The van der Waals surface area contributed by atoms with E-state index in [9.17, 15) is 0 Å². The molecule has 0 spiro atoms. The van der Waals surface area contributed by atoms with Crippen LogP contribution in [-0.4, -0.2) is 6.16 Å². The van der Waals surface area contributed by atoms with Gasteiger partial charge in [0.2, 0.25) is 0 Å². The lowest BCUT2D eigenvalue weighted by Crippen LogP contribution is -2.33. The SMILES string of the molecule is C=CC1=C(C#CC[P+](c2ccccc2)(c2ccccc2)c2ccccc2)CCCC1. The molecule has 1 heteroatoms. The minimum Gasteiger partial charge on any atom is -0.0988 e. The molecule has 148 valence electrons. The Morgan fingerprint density at radius 3 is 1.63 bits per heavy atom. The highest BCUT2D eigenvalue weighted by Gasteiger charge is 2.44. The van der Waals surface area contributed by atoms with Crippen molar-refractivity contribution in [2.75, 3.05) is 6.16 Å². The summed E-state index contributed by atoms with van der Waals surface area (Å²) in [6.45, 7) is 4.02. The molecule has 0 nitrogen and oxygen atoms in total. The molecule has 0 amide bonds. The van der Waals surface area contributed by atoms with Crippen molar-refractivity contribution in [2.45, 2.75) is 25.7 Å².